The molecule has 17 nitrogen and oxygen atoms in total. The van der Waals surface area contributed by atoms with E-state index in [1.54, 1.807) is 18.2 Å². The SMILES string of the molecule is CC(=O)C[C@@H](CCCCN)C(=O)N[C@@H](CCCN=C(N)N)C(=O)C[C@@H](CC(C)C)C(=O)N[C@@H](CCCN=C(N)N)C(=O)c1nc2ccc(C(=O)NCc3ccc(C)cc3)cc2s1. The lowest BCUT2D eigenvalue weighted by Crippen LogP contribution is -2.47. The maximum absolute atomic E-state index is 14.2. The van der Waals surface area contributed by atoms with Gasteiger partial charge in [-0.1, -0.05) is 50.1 Å². The van der Waals surface area contributed by atoms with Crippen LogP contribution >= 0.6 is 11.3 Å². The summed E-state index contributed by atoms with van der Waals surface area (Å²) in [6.45, 7) is 8.45. The van der Waals surface area contributed by atoms with Crippen LogP contribution in [0.4, 0.5) is 0 Å². The van der Waals surface area contributed by atoms with Gasteiger partial charge >= 0.3 is 0 Å². The second-order valence-corrected chi connectivity index (χ2v) is 17.2. The first kappa shape index (κ1) is 50.6. The monoisotopic (exact) mass is 875 g/mol. The van der Waals surface area contributed by atoms with Gasteiger partial charge in [-0.25, -0.2) is 4.98 Å². The van der Waals surface area contributed by atoms with Crippen molar-refractivity contribution in [2.24, 2.45) is 56.4 Å². The number of benzene rings is 2. The number of carbonyl (C=O) groups excluding carboxylic acids is 6. The lowest BCUT2D eigenvalue weighted by atomic mass is 9.88. The maximum atomic E-state index is 14.2. The van der Waals surface area contributed by atoms with Gasteiger partial charge in [0.25, 0.3) is 5.91 Å². The van der Waals surface area contributed by atoms with Crippen LogP contribution in [0.3, 0.4) is 0 Å². The molecule has 2 aromatic carbocycles. The average molecular weight is 876 g/mol. The number of carbonyl (C=O) groups is 6. The number of Topliss-reactive ketones (excluding diaryl/α,β-unsaturated/α-hetero) is 3. The van der Waals surface area contributed by atoms with Crippen LogP contribution in [0.5, 0.6) is 0 Å². The third kappa shape index (κ3) is 17.7. The zero-order valence-electron chi connectivity index (χ0n) is 36.4. The van der Waals surface area contributed by atoms with Gasteiger partial charge in [-0.2, -0.15) is 0 Å². The minimum Gasteiger partial charge on any atom is -0.370 e. The van der Waals surface area contributed by atoms with Gasteiger partial charge in [0, 0.05) is 49.9 Å². The Labute approximate surface area is 367 Å². The zero-order valence-corrected chi connectivity index (χ0v) is 37.2. The predicted molar refractivity (Wildman–Crippen MR) is 244 cm³/mol. The molecule has 0 aliphatic rings. The summed E-state index contributed by atoms with van der Waals surface area (Å²) >= 11 is 1.11. The standard InChI is InChI=1S/C44H65N11O6S/c1-26(2)21-32(23-36(57)33(10-7-19-50-43(46)47)53-40(60)30(22-28(4)56)9-5-6-18-45)41(61)54-35(11-8-20-51-44(48)49)38(58)42-55-34-17-16-31(24-37(34)62-42)39(59)52-25-29-14-12-27(3)13-15-29/h12-17,24,26,30,32-33,35H,5-11,18-23,25,45H2,1-4H3,(H,52,59)(H,53,60)(H,54,61)(H4,46,47,50)(H4,48,49,51)/t30-,32-,33+,35+/m1/s1. The summed E-state index contributed by atoms with van der Waals surface area (Å²) in [5.41, 5.74) is 30.7. The molecule has 0 radical (unpaired) electrons. The normalized spacial score (nSPS) is 13.1. The predicted octanol–water partition coefficient (Wildman–Crippen LogP) is 3.14. The minimum absolute atomic E-state index is 0.0143. The van der Waals surface area contributed by atoms with Gasteiger partial charge in [-0.05, 0) is 95.0 Å². The summed E-state index contributed by atoms with van der Waals surface area (Å²) in [4.78, 5) is 93.8. The van der Waals surface area contributed by atoms with Crippen molar-refractivity contribution in [1.82, 2.24) is 20.9 Å². The fourth-order valence-corrected chi connectivity index (χ4v) is 7.92. The number of hydrogen-bond acceptors (Lipinski definition) is 11. The molecule has 0 fully saturated rings. The van der Waals surface area contributed by atoms with Crippen LogP contribution in [0.2, 0.25) is 0 Å². The zero-order chi connectivity index (χ0) is 45.8. The molecule has 0 aliphatic heterocycles. The van der Waals surface area contributed by atoms with Gasteiger partial charge in [0.15, 0.2) is 22.7 Å². The van der Waals surface area contributed by atoms with Crippen molar-refractivity contribution in [2.45, 2.75) is 111 Å². The van der Waals surface area contributed by atoms with Crippen LogP contribution in [-0.2, 0) is 25.7 Å². The third-order valence-electron chi connectivity index (χ3n) is 10.1. The molecule has 0 saturated heterocycles. The average Bonchev–Trinajstić information content (AvgIpc) is 3.65. The number of aromatic nitrogens is 1. The third-order valence-corrected chi connectivity index (χ3v) is 11.2. The largest absolute Gasteiger partial charge is 0.370 e. The van der Waals surface area contributed by atoms with Gasteiger partial charge in [0.05, 0.1) is 22.3 Å². The van der Waals surface area contributed by atoms with E-state index in [9.17, 15) is 28.8 Å². The summed E-state index contributed by atoms with van der Waals surface area (Å²) in [6.07, 6.45) is 2.89. The highest BCUT2D eigenvalue weighted by Crippen LogP contribution is 2.26. The van der Waals surface area contributed by atoms with E-state index in [0.29, 0.717) is 67.4 Å². The number of nitrogens with two attached hydrogens (primary N) is 5. The number of aryl methyl sites for hydroxylation is 1. The fourth-order valence-electron chi connectivity index (χ4n) is 6.92. The summed E-state index contributed by atoms with van der Waals surface area (Å²) < 4.78 is 0.614. The summed E-state index contributed by atoms with van der Waals surface area (Å²) in [6, 6.07) is 10.8. The van der Waals surface area contributed by atoms with E-state index < -0.39 is 41.5 Å². The number of nitrogens with one attached hydrogen (secondary N) is 3. The van der Waals surface area contributed by atoms with Crippen LogP contribution in [-0.4, -0.2) is 83.7 Å². The molecule has 0 saturated carbocycles. The van der Waals surface area contributed by atoms with Crippen LogP contribution in [0, 0.1) is 24.7 Å². The number of rotatable bonds is 28. The number of amides is 3. The first-order chi connectivity index (χ1) is 29.5. The molecule has 1 heterocycles. The maximum Gasteiger partial charge on any atom is 0.251 e. The van der Waals surface area contributed by atoms with Crippen molar-refractivity contribution in [3.05, 3.63) is 64.2 Å². The highest BCUT2D eigenvalue weighted by Gasteiger charge is 2.33. The highest BCUT2D eigenvalue weighted by atomic mass is 32.1. The topological polar surface area (TPSA) is 306 Å². The quantitative estimate of drug-likeness (QED) is 0.0226. The van der Waals surface area contributed by atoms with Crippen LogP contribution < -0.4 is 44.6 Å². The Hall–Kier alpha value is -5.75. The number of hydrogen-bond donors (Lipinski definition) is 8. The second-order valence-electron chi connectivity index (χ2n) is 16.1. The van der Waals surface area contributed by atoms with Crippen molar-refractivity contribution in [3.63, 3.8) is 0 Å². The lowest BCUT2D eigenvalue weighted by Gasteiger charge is -2.25. The van der Waals surface area contributed by atoms with Gasteiger partial charge in [-0.3, -0.25) is 34.0 Å². The first-order valence-electron chi connectivity index (χ1n) is 21.2. The molecule has 3 amide bonds. The molecule has 0 spiro atoms. The molecule has 338 valence electrons. The van der Waals surface area contributed by atoms with E-state index in [1.165, 1.54) is 6.92 Å². The molecule has 18 heteroatoms. The lowest BCUT2D eigenvalue weighted by molar-refractivity contribution is -0.134. The summed E-state index contributed by atoms with van der Waals surface area (Å²) in [7, 11) is 0. The molecule has 1 aromatic heterocycles. The number of ketones is 3. The Balaban J connectivity index is 1.85. The van der Waals surface area contributed by atoms with Crippen molar-refractivity contribution in [1.29, 1.82) is 0 Å². The number of thiazole rings is 1. The number of aliphatic imine (C=N–C) groups is 2. The Kier molecular flexibility index (Phi) is 21.1. The number of fused-ring (bicyclic) bond motifs is 1. The summed E-state index contributed by atoms with van der Waals surface area (Å²) in [5.74, 6) is -3.95. The molecule has 0 bridgehead atoms. The van der Waals surface area contributed by atoms with E-state index in [-0.39, 0.29) is 79.1 Å². The Bertz CT molecular complexity index is 2040. The van der Waals surface area contributed by atoms with Crippen molar-refractivity contribution >= 4 is 68.5 Å². The molecule has 13 N–H and O–H groups in total. The summed E-state index contributed by atoms with van der Waals surface area (Å²) in [5, 5.41) is 8.83. The Morgan fingerprint density at radius 3 is 1.97 bits per heavy atom. The second kappa shape index (κ2) is 25.9. The van der Waals surface area contributed by atoms with E-state index in [4.69, 9.17) is 28.7 Å². The number of guanidine groups is 2. The van der Waals surface area contributed by atoms with E-state index in [2.05, 4.69) is 30.9 Å². The van der Waals surface area contributed by atoms with Gasteiger partial charge in [0.1, 0.15) is 5.78 Å². The number of unbranched alkanes of at least 4 members (excludes halogenated alkanes) is 1. The van der Waals surface area contributed by atoms with Crippen LogP contribution in [0.15, 0.2) is 52.4 Å². The van der Waals surface area contributed by atoms with Gasteiger partial charge in [-0.15, -0.1) is 11.3 Å². The molecule has 0 unspecified atom stereocenters. The van der Waals surface area contributed by atoms with Gasteiger partial charge < -0.3 is 49.4 Å². The first-order valence-corrected chi connectivity index (χ1v) is 22.0. The molecular weight excluding hydrogens is 811 g/mol. The van der Waals surface area contributed by atoms with Gasteiger partial charge in [0.2, 0.25) is 17.6 Å². The molecule has 3 aromatic rings. The van der Waals surface area contributed by atoms with E-state index in [1.807, 2.05) is 45.0 Å². The van der Waals surface area contributed by atoms with Crippen molar-refractivity contribution < 1.29 is 28.8 Å². The smallest absolute Gasteiger partial charge is 0.251 e. The molecule has 62 heavy (non-hydrogen) atoms. The Morgan fingerprint density at radius 2 is 1.37 bits per heavy atom. The van der Waals surface area contributed by atoms with Crippen LogP contribution in [0.1, 0.15) is 116 Å². The fraction of sp³-hybridized carbons (Fsp3) is 0.523. The van der Waals surface area contributed by atoms with Crippen molar-refractivity contribution in [3.8, 4) is 0 Å². The molecular formula is C44H65N11O6S. The number of nitrogens with zero attached hydrogens (tertiary/aromatic N) is 3. The van der Waals surface area contributed by atoms with E-state index in [0.717, 1.165) is 22.5 Å². The Morgan fingerprint density at radius 1 is 0.758 bits per heavy atom. The molecule has 4 atom stereocenters. The molecule has 0 aliphatic carbocycles. The highest BCUT2D eigenvalue weighted by molar-refractivity contribution is 7.20. The molecule has 3 rings (SSSR count). The van der Waals surface area contributed by atoms with Crippen molar-refractivity contribution in [2.75, 3.05) is 19.6 Å². The minimum atomic E-state index is -1.05. The van der Waals surface area contributed by atoms with E-state index >= 15 is 0 Å². The van der Waals surface area contributed by atoms with Crippen LogP contribution in [0.25, 0.3) is 10.2 Å².